The predicted octanol–water partition coefficient (Wildman–Crippen LogP) is 3.70. The number of hydrogen-bond acceptors (Lipinski definition) is 4. The van der Waals surface area contributed by atoms with Crippen LogP contribution in [0.1, 0.15) is 72.6 Å². The third-order valence-corrected chi connectivity index (χ3v) is 4.72. The number of carbonyl (C=O) groups is 1. The van der Waals surface area contributed by atoms with Crippen LogP contribution in [-0.4, -0.2) is 27.5 Å². The van der Waals surface area contributed by atoms with Crippen molar-refractivity contribution in [2.24, 2.45) is 0 Å². The minimum Gasteiger partial charge on any atom is -0.337 e. The van der Waals surface area contributed by atoms with Gasteiger partial charge in [0.1, 0.15) is 6.04 Å². The van der Waals surface area contributed by atoms with Gasteiger partial charge in [0.15, 0.2) is 5.82 Å². The molecule has 2 heterocycles. The molecule has 0 radical (unpaired) electrons. The maximum atomic E-state index is 12.9. The molecule has 0 bridgehead atoms. The van der Waals surface area contributed by atoms with Crippen molar-refractivity contribution in [3.63, 3.8) is 0 Å². The summed E-state index contributed by atoms with van der Waals surface area (Å²) in [5, 5.41) is 4.13. The molecule has 0 spiro atoms. The number of carbonyl (C=O) groups excluding carboxylic acids is 1. The summed E-state index contributed by atoms with van der Waals surface area (Å²) in [5.41, 5.74) is 0.723. The molecule has 1 aromatic heterocycles. The summed E-state index contributed by atoms with van der Waals surface area (Å²) in [6.45, 7) is 0.750. The van der Waals surface area contributed by atoms with Crippen LogP contribution < -0.4 is 0 Å². The molecule has 1 atom stereocenters. The number of hydrogen-bond donors (Lipinski definition) is 0. The summed E-state index contributed by atoms with van der Waals surface area (Å²) >= 11 is 0. The highest BCUT2D eigenvalue weighted by molar-refractivity contribution is 5.94. The van der Waals surface area contributed by atoms with Gasteiger partial charge in [0.25, 0.3) is 5.91 Å². The zero-order valence-electron chi connectivity index (χ0n) is 13.1. The highest BCUT2D eigenvalue weighted by Gasteiger charge is 2.34. The van der Waals surface area contributed by atoms with E-state index in [-0.39, 0.29) is 11.9 Å². The Morgan fingerprint density at radius 1 is 1.09 bits per heavy atom. The van der Waals surface area contributed by atoms with E-state index in [0.717, 1.165) is 56.5 Å². The third-order valence-electron chi connectivity index (χ3n) is 4.72. The first-order valence-corrected chi connectivity index (χ1v) is 8.52. The molecule has 1 aliphatic heterocycles. The molecule has 4 rings (SSSR count). The van der Waals surface area contributed by atoms with Crippen molar-refractivity contribution in [1.29, 1.82) is 0 Å². The lowest BCUT2D eigenvalue weighted by atomic mass is 10.1. The quantitative estimate of drug-likeness (QED) is 0.867. The van der Waals surface area contributed by atoms with Crippen LogP contribution >= 0.6 is 0 Å². The maximum Gasteiger partial charge on any atom is 0.254 e. The van der Waals surface area contributed by atoms with E-state index in [0.29, 0.717) is 11.8 Å². The van der Waals surface area contributed by atoms with E-state index in [9.17, 15) is 4.79 Å². The molecule has 23 heavy (non-hydrogen) atoms. The Labute approximate surface area is 135 Å². The van der Waals surface area contributed by atoms with Gasteiger partial charge in [-0.3, -0.25) is 4.79 Å². The summed E-state index contributed by atoms with van der Waals surface area (Å²) in [6.07, 6.45) is 6.44. The molecule has 2 aromatic rings. The van der Waals surface area contributed by atoms with Crippen LogP contribution in [-0.2, 0) is 0 Å². The first kappa shape index (κ1) is 14.4. The van der Waals surface area contributed by atoms with Crippen molar-refractivity contribution in [2.45, 2.75) is 50.5 Å². The Balaban J connectivity index is 1.62. The molecule has 5 heteroatoms. The highest BCUT2D eigenvalue weighted by atomic mass is 16.5. The van der Waals surface area contributed by atoms with Crippen molar-refractivity contribution < 1.29 is 9.32 Å². The zero-order chi connectivity index (χ0) is 15.6. The number of amides is 1. The van der Waals surface area contributed by atoms with Gasteiger partial charge in [-0.15, -0.1) is 0 Å². The van der Waals surface area contributed by atoms with Gasteiger partial charge in [0.05, 0.1) is 0 Å². The Morgan fingerprint density at radius 2 is 1.91 bits per heavy atom. The van der Waals surface area contributed by atoms with Gasteiger partial charge < -0.3 is 9.42 Å². The molecular weight excluding hydrogens is 290 g/mol. The van der Waals surface area contributed by atoms with Gasteiger partial charge in [-0.1, -0.05) is 36.2 Å². The molecule has 5 nitrogen and oxygen atoms in total. The van der Waals surface area contributed by atoms with Gasteiger partial charge in [0, 0.05) is 18.0 Å². The molecule has 120 valence electrons. The van der Waals surface area contributed by atoms with Crippen LogP contribution in [0.25, 0.3) is 0 Å². The standard InChI is InChI=1S/C18H21N3O2/c22-18(14-7-3-1-4-8-14)21-12-6-2-5-9-15(21)17-19-16(20-23-17)13-10-11-13/h1,3-4,7-8,13,15H,2,5-6,9-12H2. The lowest BCUT2D eigenvalue weighted by Gasteiger charge is -2.27. The fourth-order valence-corrected chi connectivity index (χ4v) is 3.24. The minimum atomic E-state index is -0.0924. The Kier molecular flexibility index (Phi) is 3.85. The number of nitrogens with zero attached hydrogens (tertiary/aromatic N) is 3. The minimum absolute atomic E-state index is 0.0590. The van der Waals surface area contributed by atoms with E-state index in [1.165, 1.54) is 0 Å². The van der Waals surface area contributed by atoms with Crippen LogP contribution in [0.4, 0.5) is 0 Å². The number of likely N-dealkylation sites (tertiary alicyclic amines) is 1. The summed E-state index contributed by atoms with van der Waals surface area (Å²) in [5.74, 6) is 1.95. The average molecular weight is 311 g/mol. The monoisotopic (exact) mass is 311 g/mol. The summed E-state index contributed by atoms with van der Waals surface area (Å²) in [7, 11) is 0. The van der Waals surface area contributed by atoms with E-state index < -0.39 is 0 Å². The summed E-state index contributed by atoms with van der Waals surface area (Å²) in [6, 6.07) is 9.37. The molecule has 1 saturated carbocycles. The van der Waals surface area contributed by atoms with Crippen molar-refractivity contribution in [2.75, 3.05) is 6.54 Å². The van der Waals surface area contributed by atoms with Gasteiger partial charge in [0.2, 0.25) is 5.89 Å². The van der Waals surface area contributed by atoms with Crippen molar-refractivity contribution in [3.8, 4) is 0 Å². The molecule has 1 saturated heterocycles. The third kappa shape index (κ3) is 3.00. The molecular formula is C18H21N3O2. The molecule has 1 amide bonds. The lowest BCUT2D eigenvalue weighted by Crippen LogP contribution is -2.35. The topological polar surface area (TPSA) is 59.2 Å². The molecule has 2 aliphatic rings. The fraction of sp³-hybridized carbons (Fsp3) is 0.500. The lowest BCUT2D eigenvalue weighted by molar-refractivity contribution is 0.0644. The van der Waals surface area contributed by atoms with Crippen LogP contribution in [0.2, 0.25) is 0 Å². The molecule has 0 N–H and O–H groups in total. The Hall–Kier alpha value is -2.17. The van der Waals surface area contributed by atoms with Gasteiger partial charge >= 0.3 is 0 Å². The van der Waals surface area contributed by atoms with Crippen molar-refractivity contribution in [3.05, 3.63) is 47.6 Å². The molecule has 1 unspecified atom stereocenters. The second-order valence-corrected chi connectivity index (χ2v) is 6.49. The van der Waals surface area contributed by atoms with Gasteiger partial charge in [-0.2, -0.15) is 4.98 Å². The van der Waals surface area contributed by atoms with E-state index >= 15 is 0 Å². The number of rotatable bonds is 3. The van der Waals surface area contributed by atoms with E-state index in [1.807, 2.05) is 35.2 Å². The first-order chi connectivity index (χ1) is 11.3. The first-order valence-electron chi connectivity index (χ1n) is 8.52. The summed E-state index contributed by atoms with van der Waals surface area (Å²) < 4.78 is 5.52. The van der Waals surface area contributed by atoms with Crippen LogP contribution in [0.15, 0.2) is 34.9 Å². The van der Waals surface area contributed by atoms with Crippen molar-refractivity contribution >= 4 is 5.91 Å². The second-order valence-electron chi connectivity index (χ2n) is 6.49. The zero-order valence-corrected chi connectivity index (χ0v) is 13.1. The Morgan fingerprint density at radius 3 is 2.70 bits per heavy atom. The second kappa shape index (κ2) is 6.14. The van der Waals surface area contributed by atoms with E-state index in [1.54, 1.807) is 0 Å². The van der Waals surface area contributed by atoms with Gasteiger partial charge in [-0.05, 0) is 37.8 Å². The van der Waals surface area contributed by atoms with E-state index in [4.69, 9.17) is 4.52 Å². The predicted molar refractivity (Wildman–Crippen MR) is 85.0 cm³/mol. The van der Waals surface area contributed by atoms with Crippen LogP contribution in [0, 0.1) is 0 Å². The largest absolute Gasteiger partial charge is 0.337 e. The normalized spacial score (nSPS) is 21.9. The number of benzene rings is 1. The maximum absolute atomic E-state index is 12.9. The Bertz CT molecular complexity index is 679. The van der Waals surface area contributed by atoms with Crippen LogP contribution in [0.3, 0.4) is 0 Å². The summed E-state index contributed by atoms with van der Waals surface area (Å²) in [4.78, 5) is 19.4. The van der Waals surface area contributed by atoms with Crippen molar-refractivity contribution in [1.82, 2.24) is 15.0 Å². The molecule has 1 aliphatic carbocycles. The SMILES string of the molecule is O=C(c1ccccc1)N1CCCCCC1c1nc(C2CC2)no1. The van der Waals surface area contributed by atoms with Crippen LogP contribution in [0.5, 0.6) is 0 Å². The number of aromatic nitrogens is 2. The smallest absolute Gasteiger partial charge is 0.254 e. The molecule has 2 fully saturated rings. The highest BCUT2D eigenvalue weighted by Crippen LogP contribution is 2.39. The van der Waals surface area contributed by atoms with E-state index in [2.05, 4.69) is 10.1 Å². The fourth-order valence-electron chi connectivity index (χ4n) is 3.24. The van der Waals surface area contributed by atoms with Gasteiger partial charge in [-0.25, -0.2) is 0 Å². The average Bonchev–Trinajstić information content (AvgIpc) is 3.38. The molecule has 1 aromatic carbocycles.